The Kier molecular flexibility index (Phi) is 4.17. The summed E-state index contributed by atoms with van der Waals surface area (Å²) in [5.74, 6) is -0.0225. The second kappa shape index (κ2) is 5.68. The van der Waals surface area contributed by atoms with Crippen LogP contribution in [0.1, 0.15) is 29.1 Å². The van der Waals surface area contributed by atoms with Gasteiger partial charge in [-0.2, -0.15) is 0 Å². The Labute approximate surface area is 121 Å². The molecule has 1 aromatic heterocycles. The monoisotopic (exact) mass is 297 g/mol. The second-order valence-electron chi connectivity index (χ2n) is 4.22. The van der Waals surface area contributed by atoms with E-state index in [4.69, 9.17) is 27.6 Å². The zero-order chi connectivity index (χ0) is 14.0. The van der Waals surface area contributed by atoms with Crippen molar-refractivity contribution < 1.29 is 9.21 Å². The molecular formula is C14H13Cl2NO2. The Morgan fingerprint density at radius 1 is 1.21 bits per heavy atom. The Bertz CT molecular complexity index is 595. The highest BCUT2D eigenvalue weighted by Gasteiger charge is 2.22. The normalized spacial score (nSPS) is 12.2. The molecule has 1 amide bonds. The average molecular weight is 298 g/mol. The van der Waals surface area contributed by atoms with Crippen molar-refractivity contribution in [2.24, 2.45) is 0 Å². The van der Waals surface area contributed by atoms with Gasteiger partial charge in [-0.05, 0) is 42.3 Å². The van der Waals surface area contributed by atoms with Gasteiger partial charge < -0.3 is 9.32 Å². The Morgan fingerprint density at radius 2 is 1.89 bits per heavy atom. The zero-order valence-electron chi connectivity index (χ0n) is 10.6. The minimum absolute atomic E-state index is 0.162. The number of amides is 1. The van der Waals surface area contributed by atoms with Crippen LogP contribution in [0.5, 0.6) is 0 Å². The van der Waals surface area contributed by atoms with Crippen molar-refractivity contribution in [3.63, 3.8) is 0 Å². The van der Waals surface area contributed by atoms with Crippen molar-refractivity contribution in [1.29, 1.82) is 0 Å². The molecular weight excluding hydrogens is 285 g/mol. The summed E-state index contributed by atoms with van der Waals surface area (Å²) in [4.78, 5) is 13.8. The van der Waals surface area contributed by atoms with Gasteiger partial charge in [-0.15, -0.1) is 0 Å². The molecule has 0 bridgehead atoms. The molecule has 5 heteroatoms. The smallest absolute Gasteiger partial charge is 0.289 e. The molecule has 1 atom stereocenters. The van der Waals surface area contributed by atoms with E-state index in [9.17, 15) is 4.79 Å². The van der Waals surface area contributed by atoms with Gasteiger partial charge in [0.1, 0.15) is 0 Å². The molecule has 2 aromatic rings. The molecule has 1 aromatic carbocycles. The quantitative estimate of drug-likeness (QED) is 0.840. The number of furan rings is 1. The second-order valence-corrected chi connectivity index (χ2v) is 5.00. The maximum Gasteiger partial charge on any atom is 0.289 e. The first-order chi connectivity index (χ1) is 9.00. The minimum atomic E-state index is -0.237. The van der Waals surface area contributed by atoms with Crippen LogP contribution in [0.3, 0.4) is 0 Å². The van der Waals surface area contributed by atoms with E-state index in [-0.39, 0.29) is 22.9 Å². The molecule has 0 aliphatic rings. The lowest BCUT2D eigenvalue weighted by molar-refractivity contribution is 0.0710. The van der Waals surface area contributed by atoms with Crippen LogP contribution in [-0.4, -0.2) is 17.9 Å². The lowest BCUT2D eigenvalue weighted by Gasteiger charge is -2.25. The van der Waals surface area contributed by atoms with Gasteiger partial charge in [0, 0.05) is 12.1 Å². The molecule has 0 N–H and O–H groups in total. The number of hydrogen-bond donors (Lipinski definition) is 0. The highest BCUT2D eigenvalue weighted by Crippen LogP contribution is 2.27. The van der Waals surface area contributed by atoms with Crippen LogP contribution in [0.4, 0.5) is 0 Å². The molecule has 0 radical (unpaired) electrons. The van der Waals surface area contributed by atoms with E-state index in [1.165, 1.54) is 0 Å². The van der Waals surface area contributed by atoms with Crippen molar-refractivity contribution in [3.05, 3.63) is 58.0 Å². The van der Waals surface area contributed by atoms with Crippen molar-refractivity contribution in [2.45, 2.75) is 13.0 Å². The van der Waals surface area contributed by atoms with Crippen molar-refractivity contribution in [2.75, 3.05) is 7.05 Å². The molecule has 100 valence electrons. The Morgan fingerprint density at radius 3 is 2.47 bits per heavy atom. The lowest BCUT2D eigenvalue weighted by Crippen LogP contribution is -2.29. The van der Waals surface area contributed by atoms with Crippen molar-refractivity contribution in [3.8, 4) is 0 Å². The van der Waals surface area contributed by atoms with E-state index >= 15 is 0 Å². The molecule has 0 fully saturated rings. The van der Waals surface area contributed by atoms with Crippen LogP contribution >= 0.6 is 23.2 Å². The third-order valence-corrected chi connectivity index (χ3v) is 3.59. The summed E-state index contributed by atoms with van der Waals surface area (Å²) in [5, 5.41) is 0.828. The fraction of sp³-hybridized carbons (Fsp3) is 0.214. The van der Waals surface area contributed by atoms with E-state index in [0.717, 1.165) is 5.56 Å². The fourth-order valence-electron chi connectivity index (χ4n) is 1.80. The van der Waals surface area contributed by atoms with Crippen molar-refractivity contribution >= 4 is 29.1 Å². The van der Waals surface area contributed by atoms with Gasteiger partial charge in [0.15, 0.2) is 11.0 Å². The summed E-state index contributed by atoms with van der Waals surface area (Å²) in [6.07, 6.45) is 0. The summed E-state index contributed by atoms with van der Waals surface area (Å²) in [6, 6.07) is 10.4. The maximum atomic E-state index is 12.2. The van der Waals surface area contributed by atoms with E-state index in [0.29, 0.717) is 5.02 Å². The predicted molar refractivity (Wildman–Crippen MR) is 75.7 cm³/mol. The number of nitrogens with zero attached hydrogens (tertiary/aromatic N) is 1. The van der Waals surface area contributed by atoms with Crippen LogP contribution in [-0.2, 0) is 0 Å². The zero-order valence-corrected chi connectivity index (χ0v) is 12.1. The number of hydrogen-bond acceptors (Lipinski definition) is 2. The van der Waals surface area contributed by atoms with Gasteiger partial charge in [-0.1, -0.05) is 29.8 Å². The van der Waals surface area contributed by atoms with Gasteiger partial charge in [-0.25, -0.2) is 0 Å². The first-order valence-electron chi connectivity index (χ1n) is 5.77. The summed E-state index contributed by atoms with van der Waals surface area (Å²) in [6.45, 7) is 1.91. The van der Waals surface area contributed by atoms with Crippen molar-refractivity contribution in [1.82, 2.24) is 4.90 Å². The first-order valence-corrected chi connectivity index (χ1v) is 6.53. The van der Waals surface area contributed by atoms with Crippen LogP contribution in [0.25, 0.3) is 0 Å². The van der Waals surface area contributed by atoms with E-state index < -0.39 is 0 Å². The maximum absolute atomic E-state index is 12.2. The van der Waals surface area contributed by atoms with E-state index in [1.54, 1.807) is 30.1 Å². The van der Waals surface area contributed by atoms with Crippen LogP contribution in [0, 0.1) is 0 Å². The molecule has 0 aliphatic carbocycles. The molecule has 19 heavy (non-hydrogen) atoms. The summed E-state index contributed by atoms with van der Waals surface area (Å²) in [5.41, 5.74) is 0.887. The molecule has 3 nitrogen and oxygen atoms in total. The SMILES string of the molecule is CC(c1ccccc1Cl)N(C)C(=O)c1ccc(Cl)o1. The largest absolute Gasteiger partial charge is 0.440 e. The molecule has 1 heterocycles. The van der Waals surface area contributed by atoms with Crippen LogP contribution in [0.15, 0.2) is 40.8 Å². The summed E-state index contributed by atoms with van der Waals surface area (Å²) in [7, 11) is 1.70. The third-order valence-electron chi connectivity index (χ3n) is 3.04. The van der Waals surface area contributed by atoms with Gasteiger partial charge in [0.2, 0.25) is 0 Å². The van der Waals surface area contributed by atoms with Gasteiger partial charge in [0.25, 0.3) is 5.91 Å². The summed E-state index contributed by atoms with van der Waals surface area (Å²) < 4.78 is 5.12. The first kappa shape index (κ1) is 14.0. The minimum Gasteiger partial charge on any atom is -0.440 e. The molecule has 1 unspecified atom stereocenters. The number of carbonyl (C=O) groups is 1. The van der Waals surface area contributed by atoms with E-state index in [1.807, 2.05) is 25.1 Å². The molecule has 0 spiro atoms. The Hall–Kier alpha value is -1.45. The van der Waals surface area contributed by atoms with Crippen LogP contribution in [0.2, 0.25) is 10.2 Å². The number of benzene rings is 1. The standard InChI is InChI=1S/C14H13Cl2NO2/c1-9(10-5-3-4-6-11(10)15)17(2)14(18)12-7-8-13(16)19-12/h3-9H,1-2H3. The summed E-state index contributed by atoms with van der Waals surface area (Å²) >= 11 is 11.8. The highest BCUT2D eigenvalue weighted by atomic mass is 35.5. The fourth-order valence-corrected chi connectivity index (χ4v) is 2.24. The van der Waals surface area contributed by atoms with Gasteiger partial charge in [-0.3, -0.25) is 4.79 Å². The average Bonchev–Trinajstić information content (AvgIpc) is 2.83. The third kappa shape index (κ3) is 2.94. The van der Waals surface area contributed by atoms with E-state index in [2.05, 4.69) is 0 Å². The molecule has 0 saturated carbocycles. The lowest BCUT2D eigenvalue weighted by atomic mass is 10.1. The number of halogens is 2. The molecule has 0 saturated heterocycles. The highest BCUT2D eigenvalue weighted by molar-refractivity contribution is 6.31. The van der Waals surface area contributed by atoms with Gasteiger partial charge >= 0.3 is 0 Å². The van der Waals surface area contributed by atoms with Crippen LogP contribution < -0.4 is 0 Å². The number of rotatable bonds is 3. The predicted octanol–water partition coefficient (Wildman–Crippen LogP) is 4.42. The molecule has 0 aliphatic heterocycles. The molecule has 2 rings (SSSR count). The topological polar surface area (TPSA) is 33.5 Å². The van der Waals surface area contributed by atoms with Gasteiger partial charge in [0.05, 0.1) is 6.04 Å². The Balaban J connectivity index is 2.22. The number of carbonyl (C=O) groups excluding carboxylic acids is 1.